The van der Waals surface area contributed by atoms with Crippen molar-refractivity contribution in [2.75, 3.05) is 18.5 Å². The fourth-order valence-corrected chi connectivity index (χ4v) is 2.45. The van der Waals surface area contributed by atoms with Gasteiger partial charge in [0.25, 0.3) is 0 Å². The fourth-order valence-electron chi connectivity index (χ4n) is 2.09. The zero-order valence-corrected chi connectivity index (χ0v) is 11.6. The lowest BCUT2D eigenvalue weighted by Gasteiger charge is -2.18. The van der Waals surface area contributed by atoms with E-state index in [1.807, 2.05) is 6.07 Å². The molecule has 1 aliphatic heterocycles. The van der Waals surface area contributed by atoms with Crippen LogP contribution in [0.15, 0.2) is 22.7 Å². The molecule has 5 heteroatoms. The lowest BCUT2D eigenvalue weighted by atomic mass is 10.1. The number of rotatable bonds is 3. The first-order valence-corrected chi connectivity index (χ1v) is 6.83. The Kier molecular flexibility index (Phi) is 4.60. The average molecular weight is 314 g/mol. The number of ether oxygens (including phenoxy) is 1. The van der Waals surface area contributed by atoms with E-state index in [-0.39, 0.29) is 6.04 Å². The molecule has 1 fully saturated rings. The number of hydrogen-bond donors (Lipinski definition) is 2. The molecule has 2 N–H and O–H groups in total. The summed E-state index contributed by atoms with van der Waals surface area (Å²) in [5.41, 5.74) is 0.979. The van der Waals surface area contributed by atoms with Crippen LogP contribution >= 0.6 is 15.9 Å². The van der Waals surface area contributed by atoms with Crippen LogP contribution in [-0.4, -0.2) is 30.3 Å². The smallest absolute Gasteiger partial charge is 0.337 e. The van der Waals surface area contributed by atoms with Gasteiger partial charge >= 0.3 is 5.97 Å². The Morgan fingerprint density at radius 3 is 3.00 bits per heavy atom. The predicted molar refractivity (Wildman–Crippen MR) is 73.2 cm³/mol. The van der Waals surface area contributed by atoms with Crippen LogP contribution < -0.4 is 5.32 Å². The van der Waals surface area contributed by atoms with E-state index in [0.717, 1.165) is 36.9 Å². The van der Waals surface area contributed by atoms with Gasteiger partial charge in [-0.1, -0.05) is 15.9 Å². The zero-order valence-electron chi connectivity index (χ0n) is 9.99. The Morgan fingerprint density at radius 1 is 1.39 bits per heavy atom. The molecule has 1 aromatic carbocycles. The molecule has 0 aliphatic carbocycles. The lowest BCUT2D eigenvalue weighted by molar-refractivity contribution is 0.0698. The third kappa shape index (κ3) is 3.46. The van der Waals surface area contributed by atoms with Crippen molar-refractivity contribution in [2.45, 2.75) is 25.3 Å². The lowest BCUT2D eigenvalue weighted by Crippen LogP contribution is -2.21. The molecule has 1 unspecified atom stereocenters. The zero-order chi connectivity index (χ0) is 13.0. The minimum absolute atomic E-state index is 0.284. The Bertz CT molecular complexity index is 428. The highest BCUT2D eigenvalue weighted by molar-refractivity contribution is 9.10. The Balaban J connectivity index is 2.14. The summed E-state index contributed by atoms with van der Waals surface area (Å²) >= 11 is 3.29. The SMILES string of the molecule is O=C(O)c1cc(Br)ccc1NC1CCCOCC1. The van der Waals surface area contributed by atoms with E-state index in [9.17, 15) is 9.90 Å². The molecule has 1 aliphatic rings. The van der Waals surface area contributed by atoms with Crippen LogP contribution in [0.25, 0.3) is 0 Å². The first-order chi connectivity index (χ1) is 8.66. The van der Waals surface area contributed by atoms with Gasteiger partial charge in [0, 0.05) is 29.4 Å². The van der Waals surface area contributed by atoms with Gasteiger partial charge in [0.05, 0.1) is 5.56 Å². The first kappa shape index (κ1) is 13.4. The molecule has 1 atom stereocenters. The number of carbonyl (C=O) groups is 1. The van der Waals surface area contributed by atoms with Crippen molar-refractivity contribution in [3.8, 4) is 0 Å². The summed E-state index contributed by atoms with van der Waals surface area (Å²) in [4.78, 5) is 11.2. The Morgan fingerprint density at radius 2 is 2.22 bits per heavy atom. The second-order valence-electron chi connectivity index (χ2n) is 4.38. The van der Waals surface area contributed by atoms with E-state index in [1.165, 1.54) is 0 Å². The molecule has 98 valence electrons. The molecule has 1 aromatic rings. The molecule has 4 nitrogen and oxygen atoms in total. The number of benzene rings is 1. The van der Waals surface area contributed by atoms with Crippen molar-refractivity contribution in [2.24, 2.45) is 0 Å². The van der Waals surface area contributed by atoms with E-state index in [4.69, 9.17) is 4.74 Å². The molecule has 0 amide bonds. The Labute approximate surface area is 114 Å². The van der Waals surface area contributed by atoms with Crippen molar-refractivity contribution in [1.29, 1.82) is 0 Å². The van der Waals surface area contributed by atoms with E-state index in [0.29, 0.717) is 11.3 Å². The van der Waals surface area contributed by atoms with Crippen LogP contribution in [0.1, 0.15) is 29.6 Å². The maximum Gasteiger partial charge on any atom is 0.337 e. The summed E-state index contributed by atoms with van der Waals surface area (Å²) in [7, 11) is 0. The maximum atomic E-state index is 11.2. The Hall–Kier alpha value is -1.07. The van der Waals surface area contributed by atoms with Crippen molar-refractivity contribution in [3.05, 3.63) is 28.2 Å². The fraction of sp³-hybridized carbons (Fsp3) is 0.462. The molecule has 1 saturated heterocycles. The molecule has 0 saturated carbocycles. The van der Waals surface area contributed by atoms with Gasteiger partial charge in [-0.25, -0.2) is 4.79 Å². The normalized spacial score (nSPS) is 20.2. The molecule has 0 radical (unpaired) electrons. The van der Waals surface area contributed by atoms with Crippen LogP contribution in [0, 0.1) is 0 Å². The van der Waals surface area contributed by atoms with E-state index in [2.05, 4.69) is 21.2 Å². The highest BCUT2D eigenvalue weighted by atomic mass is 79.9. The predicted octanol–water partition coefficient (Wildman–Crippen LogP) is 3.13. The van der Waals surface area contributed by atoms with E-state index in [1.54, 1.807) is 12.1 Å². The molecule has 18 heavy (non-hydrogen) atoms. The standard InChI is InChI=1S/C13H16BrNO3/c14-9-3-4-12(11(8-9)13(16)17)15-10-2-1-6-18-7-5-10/h3-4,8,10,15H,1-2,5-7H2,(H,16,17). The van der Waals surface area contributed by atoms with Crippen LogP contribution in [0.3, 0.4) is 0 Å². The number of anilines is 1. The molecule has 2 rings (SSSR count). The topological polar surface area (TPSA) is 58.6 Å². The van der Waals surface area contributed by atoms with Gasteiger partial charge in [0.2, 0.25) is 0 Å². The van der Waals surface area contributed by atoms with Crippen LogP contribution in [0.5, 0.6) is 0 Å². The number of aromatic carboxylic acids is 1. The quantitative estimate of drug-likeness (QED) is 0.900. The number of halogens is 1. The molecule has 0 spiro atoms. The molecular weight excluding hydrogens is 298 g/mol. The van der Waals surface area contributed by atoms with Gasteiger partial charge < -0.3 is 15.2 Å². The number of nitrogens with one attached hydrogen (secondary N) is 1. The number of hydrogen-bond acceptors (Lipinski definition) is 3. The largest absolute Gasteiger partial charge is 0.478 e. The minimum Gasteiger partial charge on any atom is -0.478 e. The van der Waals surface area contributed by atoms with Gasteiger partial charge in [-0.3, -0.25) is 0 Å². The van der Waals surface area contributed by atoms with Crippen molar-refractivity contribution in [1.82, 2.24) is 0 Å². The van der Waals surface area contributed by atoms with Crippen LogP contribution in [-0.2, 0) is 4.74 Å². The molecule has 1 heterocycles. The van der Waals surface area contributed by atoms with Crippen molar-refractivity contribution < 1.29 is 14.6 Å². The second kappa shape index (κ2) is 6.20. The molecule has 0 bridgehead atoms. The monoisotopic (exact) mass is 313 g/mol. The van der Waals surface area contributed by atoms with Gasteiger partial charge in [0.15, 0.2) is 0 Å². The summed E-state index contributed by atoms with van der Waals surface area (Å²) in [5.74, 6) is -0.913. The van der Waals surface area contributed by atoms with Crippen LogP contribution in [0.2, 0.25) is 0 Å². The van der Waals surface area contributed by atoms with E-state index >= 15 is 0 Å². The molecule has 0 aromatic heterocycles. The van der Waals surface area contributed by atoms with Crippen molar-refractivity contribution >= 4 is 27.6 Å². The van der Waals surface area contributed by atoms with Gasteiger partial charge in [-0.2, -0.15) is 0 Å². The second-order valence-corrected chi connectivity index (χ2v) is 5.30. The molecular formula is C13H16BrNO3. The van der Waals surface area contributed by atoms with Crippen LogP contribution in [0.4, 0.5) is 5.69 Å². The van der Waals surface area contributed by atoms with Crippen molar-refractivity contribution in [3.63, 3.8) is 0 Å². The number of carboxylic acids is 1. The third-order valence-corrected chi connectivity index (χ3v) is 3.52. The number of carboxylic acid groups (broad SMARTS) is 1. The summed E-state index contributed by atoms with van der Waals surface area (Å²) < 4.78 is 6.17. The third-order valence-electron chi connectivity index (χ3n) is 3.02. The average Bonchev–Trinajstić information content (AvgIpc) is 2.60. The summed E-state index contributed by atoms with van der Waals surface area (Å²) in [6.45, 7) is 1.53. The summed E-state index contributed by atoms with van der Waals surface area (Å²) in [6.07, 6.45) is 2.93. The van der Waals surface area contributed by atoms with Gasteiger partial charge in [-0.05, 0) is 37.5 Å². The van der Waals surface area contributed by atoms with Gasteiger partial charge in [-0.15, -0.1) is 0 Å². The summed E-state index contributed by atoms with van der Waals surface area (Å²) in [5, 5.41) is 12.5. The van der Waals surface area contributed by atoms with E-state index < -0.39 is 5.97 Å². The summed E-state index contributed by atoms with van der Waals surface area (Å²) in [6, 6.07) is 5.56. The minimum atomic E-state index is -0.913. The van der Waals surface area contributed by atoms with Gasteiger partial charge in [0.1, 0.15) is 0 Å². The highest BCUT2D eigenvalue weighted by Gasteiger charge is 2.16. The highest BCUT2D eigenvalue weighted by Crippen LogP contribution is 2.23. The maximum absolute atomic E-state index is 11.2. The first-order valence-electron chi connectivity index (χ1n) is 6.04.